The molecule has 1 atom stereocenters. The molecule has 2 N–H and O–H groups in total. The number of nitrogens with zero attached hydrogens (tertiary/aromatic N) is 1. The number of nitrogens with two attached hydrogens (primary N) is 1. The smallest absolute Gasteiger partial charge is 0.346 e. The van der Waals surface area contributed by atoms with Gasteiger partial charge in [-0.05, 0) is 6.92 Å². The summed E-state index contributed by atoms with van der Waals surface area (Å²) in [4.78, 5) is 14.7. The minimum Gasteiger partial charge on any atom is -0.464 e. The van der Waals surface area contributed by atoms with Gasteiger partial charge >= 0.3 is 5.97 Å². The zero-order valence-electron chi connectivity index (χ0n) is 6.99. The molecule has 0 aliphatic rings. The monoisotopic (exact) mass is 204 g/mol. The van der Waals surface area contributed by atoms with Gasteiger partial charge in [-0.2, -0.15) is 0 Å². The lowest BCUT2D eigenvalue weighted by Crippen LogP contribution is -2.10. The molecule has 0 saturated carbocycles. The molecule has 0 fully saturated rings. The Hall–Kier alpha value is -1.17. The van der Waals surface area contributed by atoms with Gasteiger partial charge in [-0.1, -0.05) is 11.3 Å². The van der Waals surface area contributed by atoms with Gasteiger partial charge in [0.1, 0.15) is 0 Å². The van der Waals surface area contributed by atoms with Gasteiger partial charge in [0.25, 0.3) is 0 Å². The van der Waals surface area contributed by atoms with Crippen molar-refractivity contribution in [2.24, 2.45) is 0 Å². The van der Waals surface area contributed by atoms with Gasteiger partial charge in [-0.25, -0.2) is 14.2 Å². The van der Waals surface area contributed by atoms with Crippen molar-refractivity contribution < 1.29 is 13.9 Å². The van der Waals surface area contributed by atoms with Crippen molar-refractivity contribution in [3.8, 4) is 0 Å². The molecule has 0 aliphatic heterocycles. The summed E-state index contributed by atoms with van der Waals surface area (Å²) in [6.45, 7) is 1.78. The summed E-state index contributed by atoms with van der Waals surface area (Å²) in [7, 11) is 0. The fourth-order valence-electron chi connectivity index (χ4n) is 0.749. The van der Waals surface area contributed by atoms with Crippen LogP contribution in [-0.2, 0) is 9.53 Å². The van der Waals surface area contributed by atoms with E-state index in [0.717, 1.165) is 11.3 Å². The van der Waals surface area contributed by atoms with E-state index in [1.165, 1.54) is 6.20 Å². The van der Waals surface area contributed by atoms with Crippen LogP contribution in [0.3, 0.4) is 0 Å². The van der Waals surface area contributed by atoms with E-state index in [4.69, 9.17) is 5.73 Å². The minimum atomic E-state index is -1.77. The summed E-state index contributed by atoms with van der Waals surface area (Å²) in [5, 5.41) is 0.238. The highest BCUT2D eigenvalue weighted by Crippen LogP contribution is 2.26. The number of anilines is 1. The van der Waals surface area contributed by atoms with Crippen LogP contribution in [0, 0.1) is 0 Å². The molecule has 4 nitrogen and oxygen atoms in total. The Kier molecular flexibility index (Phi) is 3.18. The normalized spacial score (nSPS) is 12.5. The van der Waals surface area contributed by atoms with Gasteiger partial charge in [0.2, 0.25) is 6.17 Å². The molecule has 13 heavy (non-hydrogen) atoms. The Morgan fingerprint density at radius 1 is 1.92 bits per heavy atom. The number of nitrogen functional groups attached to an aromatic ring is 1. The van der Waals surface area contributed by atoms with Crippen LogP contribution >= 0.6 is 11.3 Å². The molecule has 0 radical (unpaired) electrons. The number of hydrogen-bond acceptors (Lipinski definition) is 5. The van der Waals surface area contributed by atoms with Crippen LogP contribution in [0.1, 0.15) is 18.0 Å². The first-order valence-electron chi connectivity index (χ1n) is 3.67. The van der Waals surface area contributed by atoms with E-state index in [2.05, 4.69) is 9.72 Å². The second-order valence-corrected chi connectivity index (χ2v) is 3.31. The second-order valence-electron chi connectivity index (χ2n) is 2.22. The number of rotatable bonds is 3. The summed E-state index contributed by atoms with van der Waals surface area (Å²) in [6.07, 6.45) is -0.531. The van der Waals surface area contributed by atoms with Crippen LogP contribution in [-0.4, -0.2) is 17.6 Å². The van der Waals surface area contributed by atoms with Crippen molar-refractivity contribution in [1.29, 1.82) is 0 Å². The molecule has 1 aromatic heterocycles. The van der Waals surface area contributed by atoms with Crippen LogP contribution in [0.25, 0.3) is 0 Å². The highest BCUT2D eigenvalue weighted by Gasteiger charge is 2.22. The molecule has 1 heterocycles. The van der Waals surface area contributed by atoms with E-state index in [0.29, 0.717) is 0 Å². The lowest BCUT2D eigenvalue weighted by atomic mass is 10.3. The first kappa shape index (κ1) is 9.91. The van der Waals surface area contributed by atoms with E-state index >= 15 is 0 Å². The Labute approximate surface area is 78.5 Å². The standard InChI is InChI=1S/C7H9FN2O2S/c1-2-12-6(11)5(8)4-3-10-7(9)13-4/h3,5H,2H2,1H3,(H2,9,10). The van der Waals surface area contributed by atoms with Gasteiger partial charge in [-0.15, -0.1) is 0 Å². The van der Waals surface area contributed by atoms with Gasteiger partial charge in [0.05, 0.1) is 11.5 Å². The molecule has 0 aromatic carbocycles. The van der Waals surface area contributed by atoms with E-state index in [9.17, 15) is 9.18 Å². The number of hydrogen-bond donors (Lipinski definition) is 1. The molecule has 6 heteroatoms. The Morgan fingerprint density at radius 3 is 3.08 bits per heavy atom. The third-order valence-corrected chi connectivity index (χ3v) is 2.15. The van der Waals surface area contributed by atoms with Crippen molar-refractivity contribution in [2.75, 3.05) is 12.3 Å². The van der Waals surface area contributed by atoms with Crippen molar-refractivity contribution in [3.05, 3.63) is 11.1 Å². The molecular weight excluding hydrogens is 195 g/mol. The third-order valence-electron chi connectivity index (χ3n) is 1.28. The van der Waals surface area contributed by atoms with E-state index in [1.807, 2.05) is 0 Å². The van der Waals surface area contributed by atoms with Crippen LogP contribution in [0.5, 0.6) is 0 Å². The number of carbonyl (C=O) groups excluding carboxylic acids is 1. The van der Waals surface area contributed by atoms with E-state index < -0.39 is 12.1 Å². The van der Waals surface area contributed by atoms with E-state index in [1.54, 1.807) is 6.92 Å². The van der Waals surface area contributed by atoms with Crippen LogP contribution in [0.4, 0.5) is 9.52 Å². The van der Waals surface area contributed by atoms with Gasteiger partial charge in [-0.3, -0.25) is 0 Å². The highest BCUT2D eigenvalue weighted by molar-refractivity contribution is 7.15. The highest BCUT2D eigenvalue weighted by atomic mass is 32.1. The predicted octanol–water partition coefficient (Wildman–Crippen LogP) is 1.30. The predicted molar refractivity (Wildman–Crippen MR) is 47.0 cm³/mol. The summed E-state index contributed by atoms with van der Waals surface area (Å²) >= 11 is 0.941. The zero-order chi connectivity index (χ0) is 9.84. The average Bonchev–Trinajstić information content (AvgIpc) is 2.51. The van der Waals surface area contributed by atoms with Crippen LogP contribution < -0.4 is 5.73 Å². The zero-order valence-corrected chi connectivity index (χ0v) is 7.81. The van der Waals surface area contributed by atoms with Gasteiger partial charge in [0, 0.05) is 6.20 Å². The number of esters is 1. The number of alkyl halides is 1. The quantitative estimate of drug-likeness (QED) is 0.753. The summed E-state index contributed by atoms with van der Waals surface area (Å²) in [5.41, 5.74) is 5.28. The third kappa shape index (κ3) is 2.38. The SMILES string of the molecule is CCOC(=O)C(F)c1cnc(N)s1. The molecule has 1 aromatic rings. The molecule has 0 spiro atoms. The Balaban J connectivity index is 2.67. The number of thiazole rings is 1. The number of carbonyl (C=O) groups is 1. The number of ether oxygens (including phenoxy) is 1. The summed E-state index contributed by atoms with van der Waals surface area (Å²) < 4.78 is 17.7. The molecular formula is C7H9FN2O2S. The molecule has 72 valence electrons. The largest absolute Gasteiger partial charge is 0.464 e. The summed E-state index contributed by atoms with van der Waals surface area (Å²) in [5.74, 6) is -0.897. The fraction of sp³-hybridized carbons (Fsp3) is 0.429. The topological polar surface area (TPSA) is 65.2 Å². The molecule has 0 aliphatic carbocycles. The van der Waals surface area contributed by atoms with E-state index in [-0.39, 0.29) is 16.6 Å². The first-order valence-corrected chi connectivity index (χ1v) is 4.48. The number of halogens is 1. The first-order chi connectivity index (χ1) is 6.15. The Bertz CT molecular complexity index is 302. The lowest BCUT2D eigenvalue weighted by molar-refractivity contribution is -0.149. The second kappa shape index (κ2) is 4.18. The Morgan fingerprint density at radius 2 is 2.62 bits per heavy atom. The minimum absolute atomic E-state index is 0.160. The average molecular weight is 204 g/mol. The maximum atomic E-state index is 13.2. The molecule has 0 saturated heterocycles. The van der Waals surface area contributed by atoms with Crippen LogP contribution in [0.2, 0.25) is 0 Å². The molecule has 1 rings (SSSR count). The van der Waals surface area contributed by atoms with Gasteiger partial charge < -0.3 is 10.5 Å². The molecule has 0 bridgehead atoms. The molecule has 0 amide bonds. The van der Waals surface area contributed by atoms with Crippen molar-refractivity contribution in [3.63, 3.8) is 0 Å². The van der Waals surface area contributed by atoms with Gasteiger partial charge in [0.15, 0.2) is 5.13 Å². The fourth-order valence-corrected chi connectivity index (χ4v) is 1.40. The van der Waals surface area contributed by atoms with Crippen molar-refractivity contribution in [2.45, 2.75) is 13.1 Å². The maximum Gasteiger partial charge on any atom is 0.346 e. The number of aromatic nitrogens is 1. The summed E-state index contributed by atoms with van der Waals surface area (Å²) in [6, 6.07) is 0. The van der Waals surface area contributed by atoms with Crippen molar-refractivity contribution >= 4 is 22.4 Å². The van der Waals surface area contributed by atoms with Crippen LogP contribution in [0.15, 0.2) is 6.20 Å². The van der Waals surface area contributed by atoms with Crippen molar-refractivity contribution in [1.82, 2.24) is 4.98 Å². The lowest BCUT2D eigenvalue weighted by Gasteiger charge is -2.03. The maximum absolute atomic E-state index is 13.2. The molecule has 1 unspecified atom stereocenters.